The van der Waals surface area contributed by atoms with Crippen LogP contribution in [0.15, 0.2) is 18.2 Å². The van der Waals surface area contributed by atoms with Crippen molar-refractivity contribution >= 4 is 17.3 Å². The molecule has 2 unspecified atom stereocenters. The van der Waals surface area contributed by atoms with Crippen LogP contribution < -0.4 is 10.2 Å². The molecule has 1 N–H and O–H groups in total. The van der Waals surface area contributed by atoms with Crippen LogP contribution in [0.2, 0.25) is 5.02 Å². The highest BCUT2D eigenvalue weighted by Crippen LogP contribution is 2.27. The first kappa shape index (κ1) is 12.7. The third-order valence-corrected chi connectivity index (χ3v) is 3.76. The monoisotopic (exact) mass is 252 g/mol. The third kappa shape index (κ3) is 2.93. The first-order valence-corrected chi connectivity index (χ1v) is 6.72. The zero-order valence-electron chi connectivity index (χ0n) is 10.8. The average Bonchev–Trinajstić information content (AvgIpc) is 2.41. The van der Waals surface area contributed by atoms with Gasteiger partial charge >= 0.3 is 0 Å². The molecule has 0 saturated carbocycles. The van der Waals surface area contributed by atoms with E-state index in [9.17, 15) is 0 Å². The fraction of sp³-hybridized carbons (Fsp3) is 0.571. The third-order valence-electron chi connectivity index (χ3n) is 3.53. The van der Waals surface area contributed by atoms with Gasteiger partial charge in [-0.1, -0.05) is 11.6 Å². The van der Waals surface area contributed by atoms with Gasteiger partial charge in [-0.05, 0) is 57.5 Å². The van der Waals surface area contributed by atoms with Crippen LogP contribution in [0.5, 0.6) is 0 Å². The number of aryl methyl sites for hydroxylation is 1. The summed E-state index contributed by atoms with van der Waals surface area (Å²) in [6.45, 7) is 8.84. The SMILES string of the molecule is Cc1cc(Cl)ccc1N1CC(C)NCCC1C. The second-order valence-electron chi connectivity index (χ2n) is 5.08. The average molecular weight is 253 g/mol. The Labute approximate surface area is 109 Å². The summed E-state index contributed by atoms with van der Waals surface area (Å²) < 4.78 is 0. The largest absolute Gasteiger partial charge is 0.367 e. The fourth-order valence-corrected chi connectivity index (χ4v) is 2.74. The second kappa shape index (κ2) is 5.28. The van der Waals surface area contributed by atoms with E-state index in [1.165, 1.54) is 17.7 Å². The number of halogens is 1. The van der Waals surface area contributed by atoms with Crippen LogP contribution in [0.4, 0.5) is 5.69 Å². The minimum absolute atomic E-state index is 0.537. The smallest absolute Gasteiger partial charge is 0.0410 e. The Morgan fingerprint density at radius 2 is 2.12 bits per heavy atom. The lowest BCUT2D eigenvalue weighted by atomic mass is 10.1. The van der Waals surface area contributed by atoms with E-state index in [1.807, 2.05) is 12.1 Å². The van der Waals surface area contributed by atoms with Gasteiger partial charge in [-0.25, -0.2) is 0 Å². The Morgan fingerprint density at radius 3 is 2.82 bits per heavy atom. The molecule has 1 aromatic carbocycles. The highest BCUT2D eigenvalue weighted by molar-refractivity contribution is 6.30. The minimum atomic E-state index is 0.537. The van der Waals surface area contributed by atoms with Crippen LogP contribution in [0.25, 0.3) is 0 Å². The van der Waals surface area contributed by atoms with Crippen LogP contribution in [0.1, 0.15) is 25.8 Å². The Morgan fingerprint density at radius 1 is 1.35 bits per heavy atom. The predicted octanol–water partition coefficient (Wildman–Crippen LogP) is 3.23. The van der Waals surface area contributed by atoms with Gasteiger partial charge in [-0.3, -0.25) is 0 Å². The molecule has 2 atom stereocenters. The standard InChI is InChI=1S/C14H21ClN2/c1-10-8-13(15)4-5-14(10)17-9-11(2)16-7-6-12(17)3/h4-5,8,11-12,16H,6-7,9H2,1-3H3. The summed E-state index contributed by atoms with van der Waals surface area (Å²) in [6.07, 6.45) is 1.19. The summed E-state index contributed by atoms with van der Waals surface area (Å²) in [5, 5.41) is 4.36. The van der Waals surface area contributed by atoms with Crippen LogP contribution >= 0.6 is 11.6 Å². The molecule has 1 aliphatic rings. The van der Waals surface area contributed by atoms with Gasteiger partial charge in [0.25, 0.3) is 0 Å². The lowest BCUT2D eigenvalue weighted by Gasteiger charge is -2.32. The molecular weight excluding hydrogens is 232 g/mol. The molecule has 1 saturated heterocycles. The number of hydrogen-bond acceptors (Lipinski definition) is 2. The molecule has 1 aromatic rings. The summed E-state index contributed by atoms with van der Waals surface area (Å²) in [4.78, 5) is 2.50. The van der Waals surface area contributed by atoms with Crippen molar-refractivity contribution in [3.8, 4) is 0 Å². The number of anilines is 1. The summed E-state index contributed by atoms with van der Waals surface area (Å²) >= 11 is 6.02. The molecule has 1 aliphatic heterocycles. The van der Waals surface area contributed by atoms with Gasteiger partial charge in [0, 0.05) is 29.3 Å². The number of rotatable bonds is 1. The van der Waals surface area contributed by atoms with Crippen molar-refractivity contribution in [1.82, 2.24) is 5.32 Å². The maximum atomic E-state index is 6.02. The normalized spacial score (nSPS) is 25.8. The maximum Gasteiger partial charge on any atom is 0.0410 e. The van der Waals surface area contributed by atoms with Gasteiger partial charge in [0.05, 0.1) is 0 Å². The fourth-order valence-electron chi connectivity index (χ4n) is 2.51. The molecule has 1 fully saturated rings. The number of nitrogens with zero attached hydrogens (tertiary/aromatic N) is 1. The molecule has 0 spiro atoms. The minimum Gasteiger partial charge on any atom is -0.367 e. The Bertz CT molecular complexity index is 392. The molecule has 2 rings (SSSR count). The zero-order valence-corrected chi connectivity index (χ0v) is 11.6. The van der Waals surface area contributed by atoms with Gasteiger partial charge < -0.3 is 10.2 Å². The molecule has 0 aromatic heterocycles. The maximum absolute atomic E-state index is 6.02. The number of hydrogen-bond donors (Lipinski definition) is 1. The predicted molar refractivity (Wildman–Crippen MR) is 75.1 cm³/mol. The summed E-state index contributed by atoms with van der Waals surface area (Å²) in [7, 11) is 0. The van der Waals surface area contributed by atoms with Crippen molar-refractivity contribution in [3.63, 3.8) is 0 Å². The number of nitrogens with one attached hydrogen (secondary N) is 1. The molecule has 0 aliphatic carbocycles. The van der Waals surface area contributed by atoms with Gasteiger partial charge in [0.1, 0.15) is 0 Å². The highest BCUT2D eigenvalue weighted by Gasteiger charge is 2.21. The van der Waals surface area contributed by atoms with Crippen molar-refractivity contribution in [1.29, 1.82) is 0 Å². The molecule has 2 nitrogen and oxygen atoms in total. The van der Waals surface area contributed by atoms with Crippen LogP contribution in [-0.4, -0.2) is 25.2 Å². The van der Waals surface area contributed by atoms with Crippen LogP contribution in [0.3, 0.4) is 0 Å². The molecule has 94 valence electrons. The van der Waals surface area contributed by atoms with E-state index < -0.39 is 0 Å². The van der Waals surface area contributed by atoms with E-state index in [-0.39, 0.29) is 0 Å². The van der Waals surface area contributed by atoms with Crippen LogP contribution in [0, 0.1) is 6.92 Å². The number of benzene rings is 1. The molecule has 17 heavy (non-hydrogen) atoms. The first-order chi connectivity index (χ1) is 8.08. The quantitative estimate of drug-likeness (QED) is 0.826. The van der Waals surface area contributed by atoms with E-state index in [1.54, 1.807) is 0 Å². The van der Waals surface area contributed by atoms with Gasteiger partial charge in [0.15, 0.2) is 0 Å². The Balaban J connectivity index is 2.29. The topological polar surface area (TPSA) is 15.3 Å². The molecule has 0 bridgehead atoms. The molecule has 0 radical (unpaired) electrons. The zero-order chi connectivity index (χ0) is 12.4. The molecule has 3 heteroatoms. The Kier molecular flexibility index (Phi) is 3.95. The van der Waals surface area contributed by atoms with E-state index in [0.29, 0.717) is 12.1 Å². The summed E-state index contributed by atoms with van der Waals surface area (Å²) in [6, 6.07) is 7.29. The van der Waals surface area contributed by atoms with Gasteiger partial charge in [-0.2, -0.15) is 0 Å². The highest BCUT2D eigenvalue weighted by atomic mass is 35.5. The van der Waals surface area contributed by atoms with Crippen LogP contribution in [-0.2, 0) is 0 Å². The van der Waals surface area contributed by atoms with Crippen molar-refractivity contribution in [2.75, 3.05) is 18.0 Å². The second-order valence-corrected chi connectivity index (χ2v) is 5.51. The van der Waals surface area contributed by atoms with Crippen molar-refractivity contribution in [2.24, 2.45) is 0 Å². The van der Waals surface area contributed by atoms with Gasteiger partial charge in [0.2, 0.25) is 0 Å². The Hall–Kier alpha value is -0.730. The van der Waals surface area contributed by atoms with E-state index in [2.05, 4.69) is 37.1 Å². The van der Waals surface area contributed by atoms with E-state index in [0.717, 1.165) is 18.1 Å². The molecule has 0 amide bonds. The first-order valence-electron chi connectivity index (χ1n) is 6.34. The summed E-state index contributed by atoms with van der Waals surface area (Å²) in [5.74, 6) is 0. The van der Waals surface area contributed by atoms with E-state index >= 15 is 0 Å². The lowest BCUT2D eigenvalue weighted by Crippen LogP contribution is -2.38. The van der Waals surface area contributed by atoms with Crippen molar-refractivity contribution < 1.29 is 0 Å². The van der Waals surface area contributed by atoms with Crippen molar-refractivity contribution in [3.05, 3.63) is 28.8 Å². The molecule has 1 heterocycles. The van der Waals surface area contributed by atoms with E-state index in [4.69, 9.17) is 11.6 Å². The van der Waals surface area contributed by atoms with Gasteiger partial charge in [-0.15, -0.1) is 0 Å². The summed E-state index contributed by atoms with van der Waals surface area (Å²) in [5.41, 5.74) is 2.58. The molecular formula is C14H21ClN2. The van der Waals surface area contributed by atoms with Crippen molar-refractivity contribution in [2.45, 2.75) is 39.3 Å². The lowest BCUT2D eigenvalue weighted by molar-refractivity contribution is 0.584.